The Kier molecular flexibility index (Phi) is 3.07. The number of hydrogen-bond acceptors (Lipinski definition) is 4. The van der Waals surface area contributed by atoms with Crippen molar-refractivity contribution in [2.75, 3.05) is 13.3 Å². The maximum absolute atomic E-state index is 11.1. The highest BCUT2D eigenvalue weighted by atomic mass is 16.6. The Balaban J connectivity index is 2.57. The van der Waals surface area contributed by atoms with E-state index < -0.39 is 24.9 Å². The molecule has 1 amide bonds. The predicted octanol–water partition coefficient (Wildman–Crippen LogP) is -0.378. The molecule has 74 valence electrons. The summed E-state index contributed by atoms with van der Waals surface area (Å²) in [5, 5.41) is 17.0. The highest BCUT2D eigenvalue weighted by Crippen LogP contribution is 2.18. The van der Waals surface area contributed by atoms with Gasteiger partial charge in [-0.2, -0.15) is 0 Å². The molecule has 1 rings (SSSR count). The van der Waals surface area contributed by atoms with Crippen molar-refractivity contribution in [2.45, 2.75) is 18.9 Å². The first-order valence-electron chi connectivity index (χ1n) is 3.94. The van der Waals surface area contributed by atoms with Crippen molar-refractivity contribution in [3.8, 4) is 0 Å². The Bertz CT molecular complexity index is 217. The number of nitrogens with zero attached hydrogens (tertiary/aromatic N) is 1. The van der Waals surface area contributed by atoms with E-state index in [0.717, 1.165) is 4.90 Å². The minimum Gasteiger partial charge on any atom is -0.465 e. The number of aliphatic hydroxyl groups excluding tert-OH is 1. The van der Waals surface area contributed by atoms with Gasteiger partial charge in [0.1, 0.15) is 6.04 Å². The first kappa shape index (κ1) is 9.79. The lowest BCUT2D eigenvalue weighted by atomic mass is 10.2. The van der Waals surface area contributed by atoms with E-state index in [0.29, 0.717) is 19.4 Å². The van der Waals surface area contributed by atoms with Gasteiger partial charge in [0.2, 0.25) is 0 Å². The second-order valence-corrected chi connectivity index (χ2v) is 2.73. The van der Waals surface area contributed by atoms with Crippen LogP contribution in [0.4, 0.5) is 4.79 Å². The molecule has 1 aliphatic heterocycles. The number of carbonyl (C=O) groups excluding carboxylic acids is 1. The molecule has 0 aromatic rings. The Morgan fingerprint density at radius 1 is 1.54 bits per heavy atom. The zero-order valence-electron chi connectivity index (χ0n) is 6.97. The molecule has 0 aromatic heterocycles. The number of likely N-dealkylation sites (tertiary alicyclic amines) is 1. The van der Waals surface area contributed by atoms with Gasteiger partial charge in [0.05, 0.1) is 0 Å². The molecule has 1 fully saturated rings. The molecule has 0 aromatic carbocycles. The van der Waals surface area contributed by atoms with E-state index in [-0.39, 0.29) is 0 Å². The van der Waals surface area contributed by atoms with E-state index in [1.165, 1.54) is 0 Å². The van der Waals surface area contributed by atoms with Crippen molar-refractivity contribution in [3.05, 3.63) is 0 Å². The summed E-state index contributed by atoms with van der Waals surface area (Å²) >= 11 is 0. The van der Waals surface area contributed by atoms with Crippen molar-refractivity contribution in [2.24, 2.45) is 0 Å². The molecular weight excluding hydrogens is 178 g/mol. The standard InChI is InChI=1S/C7H11NO5/c9-4-13-6(10)5-2-1-3-8(5)7(11)12/h5,9H,1-4H2,(H,11,12). The average Bonchev–Trinajstić information content (AvgIpc) is 2.52. The van der Waals surface area contributed by atoms with Crippen LogP contribution in [0.25, 0.3) is 0 Å². The summed E-state index contributed by atoms with van der Waals surface area (Å²) in [4.78, 5) is 22.7. The van der Waals surface area contributed by atoms with Gasteiger partial charge in [-0.3, -0.25) is 4.90 Å². The van der Waals surface area contributed by atoms with Crippen LogP contribution in [0.5, 0.6) is 0 Å². The largest absolute Gasteiger partial charge is 0.465 e. The SMILES string of the molecule is O=C(OCO)C1CCCN1C(=O)O. The third-order valence-corrected chi connectivity index (χ3v) is 1.98. The van der Waals surface area contributed by atoms with Gasteiger partial charge in [0.25, 0.3) is 0 Å². The first-order valence-corrected chi connectivity index (χ1v) is 3.94. The number of ether oxygens (including phenoxy) is 1. The minimum atomic E-state index is -1.13. The summed E-state index contributed by atoms with van der Waals surface area (Å²) in [5.41, 5.74) is 0. The van der Waals surface area contributed by atoms with Crippen LogP contribution in [0.2, 0.25) is 0 Å². The number of amides is 1. The summed E-state index contributed by atoms with van der Waals surface area (Å²) in [6.07, 6.45) is -0.0137. The van der Waals surface area contributed by atoms with Crippen LogP contribution in [0, 0.1) is 0 Å². The van der Waals surface area contributed by atoms with Crippen LogP contribution in [-0.2, 0) is 9.53 Å². The maximum atomic E-state index is 11.1. The summed E-state index contributed by atoms with van der Waals surface area (Å²) in [7, 11) is 0. The lowest BCUT2D eigenvalue weighted by Gasteiger charge is -2.18. The molecule has 0 saturated carbocycles. The van der Waals surface area contributed by atoms with Crippen LogP contribution in [-0.4, -0.2) is 46.6 Å². The van der Waals surface area contributed by atoms with Crippen molar-refractivity contribution in [1.29, 1.82) is 0 Å². The lowest BCUT2D eigenvalue weighted by molar-refractivity contribution is -0.156. The van der Waals surface area contributed by atoms with Crippen LogP contribution < -0.4 is 0 Å². The van der Waals surface area contributed by atoms with Gasteiger partial charge in [-0.15, -0.1) is 0 Å². The van der Waals surface area contributed by atoms with Crippen molar-refractivity contribution >= 4 is 12.1 Å². The molecule has 6 heteroatoms. The van der Waals surface area contributed by atoms with Crippen molar-refractivity contribution < 1.29 is 24.5 Å². The molecule has 6 nitrogen and oxygen atoms in total. The molecule has 13 heavy (non-hydrogen) atoms. The van der Waals surface area contributed by atoms with Gasteiger partial charge in [0, 0.05) is 6.54 Å². The summed E-state index contributed by atoms with van der Waals surface area (Å²) in [6, 6.07) is -0.746. The fraction of sp³-hybridized carbons (Fsp3) is 0.714. The van der Waals surface area contributed by atoms with Gasteiger partial charge >= 0.3 is 12.1 Å². The molecule has 0 bridgehead atoms. The van der Waals surface area contributed by atoms with E-state index in [1.54, 1.807) is 0 Å². The molecule has 1 heterocycles. The fourth-order valence-electron chi connectivity index (χ4n) is 1.40. The monoisotopic (exact) mass is 189 g/mol. The van der Waals surface area contributed by atoms with E-state index in [9.17, 15) is 9.59 Å². The van der Waals surface area contributed by atoms with Gasteiger partial charge in [0.15, 0.2) is 6.79 Å². The predicted molar refractivity (Wildman–Crippen MR) is 40.9 cm³/mol. The quantitative estimate of drug-likeness (QED) is 0.456. The van der Waals surface area contributed by atoms with Crippen molar-refractivity contribution in [3.63, 3.8) is 0 Å². The molecule has 2 N–H and O–H groups in total. The Morgan fingerprint density at radius 3 is 2.77 bits per heavy atom. The molecule has 1 unspecified atom stereocenters. The number of carboxylic acid groups (broad SMARTS) is 1. The minimum absolute atomic E-state index is 0.348. The Labute approximate surface area is 74.7 Å². The van der Waals surface area contributed by atoms with Crippen molar-refractivity contribution in [1.82, 2.24) is 4.90 Å². The topological polar surface area (TPSA) is 87.1 Å². The molecule has 0 spiro atoms. The van der Waals surface area contributed by atoms with Gasteiger partial charge in [-0.25, -0.2) is 9.59 Å². The summed E-state index contributed by atoms with van der Waals surface area (Å²) in [5.74, 6) is -0.678. The highest BCUT2D eigenvalue weighted by Gasteiger charge is 2.34. The first-order chi connectivity index (χ1) is 6.16. The number of rotatable bonds is 2. The van der Waals surface area contributed by atoms with E-state index in [4.69, 9.17) is 10.2 Å². The average molecular weight is 189 g/mol. The maximum Gasteiger partial charge on any atom is 0.408 e. The third-order valence-electron chi connectivity index (χ3n) is 1.98. The number of carbonyl (C=O) groups is 2. The van der Waals surface area contributed by atoms with E-state index in [2.05, 4.69) is 4.74 Å². The highest BCUT2D eigenvalue weighted by molar-refractivity contribution is 5.81. The number of esters is 1. The van der Waals surface area contributed by atoms with Crippen LogP contribution in [0.1, 0.15) is 12.8 Å². The third kappa shape index (κ3) is 2.09. The molecule has 0 aliphatic carbocycles. The number of aliphatic hydroxyl groups is 1. The second-order valence-electron chi connectivity index (χ2n) is 2.73. The zero-order chi connectivity index (χ0) is 9.84. The molecule has 1 atom stereocenters. The van der Waals surface area contributed by atoms with Crippen LogP contribution >= 0.6 is 0 Å². The molecule has 1 aliphatic rings. The normalized spacial score (nSPS) is 21.6. The van der Waals surface area contributed by atoms with Crippen LogP contribution in [0.3, 0.4) is 0 Å². The van der Waals surface area contributed by atoms with Crippen LogP contribution in [0.15, 0.2) is 0 Å². The van der Waals surface area contributed by atoms with E-state index in [1.807, 2.05) is 0 Å². The summed E-state index contributed by atoms with van der Waals surface area (Å²) < 4.78 is 4.32. The van der Waals surface area contributed by atoms with Gasteiger partial charge in [-0.05, 0) is 12.8 Å². The van der Waals surface area contributed by atoms with E-state index >= 15 is 0 Å². The lowest BCUT2D eigenvalue weighted by Crippen LogP contribution is -2.40. The Hall–Kier alpha value is -1.30. The molecule has 0 radical (unpaired) electrons. The fourth-order valence-corrected chi connectivity index (χ4v) is 1.40. The summed E-state index contributed by atoms with van der Waals surface area (Å²) in [6.45, 7) is -0.358. The second kappa shape index (κ2) is 4.08. The zero-order valence-corrected chi connectivity index (χ0v) is 6.97. The Morgan fingerprint density at radius 2 is 2.23 bits per heavy atom. The van der Waals surface area contributed by atoms with Gasteiger partial charge < -0.3 is 14.9 Å². The molecule has 1 saturated heterocycles. The smallest absolute Gasteiger partial charge is 0.408 e. The molecular formula is C7H11NO5. The van der Waals surface area contributed by atoms with Gasteiger partial charge in [-0.1, -0.05) is 0 Å². The number of hydrogen-bond donors (Lipinski definition) is 2.